The number of benzene rings is 1. The zero-order chi connectivity index (χ0) is 14.5. The number of carbonyl (C=O) groups excluding carboxylic acids is 1. The van der Waals surface area contributed by atoms with Crippen molar-refractivity contribution in [3.8, 4) is 0 Å². The maximum Gasteiger partial charge on any atom is 0.275 e. The van der Waals surface area contributed by atoms with Gasteiger partial charge in [0, 0.05) is 5.69 Å². The molecule has 1 amide bonds. The number of aromatic nitrogens is 1. The molecule has 0 aliphatic carbocycles. The number of halogens is 1. The minimum Gasteiger partial charge on any atom is -0.321 e. The SMILES string of the molecule is CCc1ccc(NC(=O)c2nc(NN)ccc2Cl)cc1. The number of pyridine rings is 1. The molecule has 2 rings (SSSR count). The van der Waals surface area contributed by atoms with Crippen LogP contribution < -0.4 is 16.6 Å². The van der Waals surface area contributed by atoms with Crippen LogP contribution in [0.1, 0.15) is 23.0 Å². The van der Waals surface area contributed by atoms with Crippen LogP contribution in [0.5, 0.6) is 0 Å². The summed E-state index contributed by atoms with van der Waals surface area (Å²) >= 11 is 5.97. The van der Waals surface area contributed by atoms with Crippen LogP contribution in [0.2, 0.25) is 5.02 Å². The minimum absolute atomic E-state index is 0.127. The van der Waals surface area contributed by atoms with Gasteiger partial charge in [-0.3, -0.25) is 4.79 Å². The highest BCUT2D eigenvalue weighted by Gasteiger charge is 2.13. The number of carbonyl (C=O) groups is 1. The first-order chi connectivity index (χ1) is 9.63. The zero-order valence-electron chi connectivity index (χ0n) is 11.0. The third-order valence-corrected chi connectivity index (χ3v) is 3.13. The predicted octanol–water partition coefficient (Wildman–Crippen LogP) is 2.84. The highest BCUT2D eigenvalue weighted by molar-refractivity contribution is 6.34. The van der Waals surface area contributed by atoms with Gasteiger partial charge in [-0.15, -0.1) is 0 Å². The maximum absolute atomic E-state index is 12.1. The second-order valence-electron chi connectivity index (χ2n) is 4.18. The summed E-state index contributed by atoms with van der Waals surface area (Å²) in [4.78, 5) is 16.2. The van der Waals surface area contributed by atoms with E-state index < -0.39 is 0 Å². The van der Waals surface area contributed by atoms with E-state index >= 15 is 0 Å². The number of nitrogens with two attached hydrogens (primary N) is 1. The van der Waals surface area contributed by atoms with E-state index in [4.69, 9.17) is 17.4 Å². The van der Waals surface area contributed by atoms with E-state index in [2.05, 4.69) is 22.7 Å². The van der Waals surface area contributed by atoms with Gasteiger partial charge < -0.3 is 10.7 Å². The highest BCUT2D eigenvalue weighted by Crippen LogP contribution is 2.18. The first-order valence-electron chi connectivity index (χ1n) is 6.17. The van der Waals surface area contributed by atoms with Crippen molar-refractivity contribution < 1.29 is 4.79 Å². The van der Waals surface area contributed by atoms with E-state index in [0.717, 1.165) is 6.42 Å². The number of hydrogen-bond donors (Lipinski definition) is 3. The Balaban J connectivity index is 2.18. The molecule has 0 saturated carbocycles. The van der Waals surface area contributed by atoms with Crippen molar-refractivity contribution in [2.45, 2.75) is 13.3 Å². The molecule has 0 atom stereocenters. The molecular weight excluding hydrogens is 276 g/mol. The summed E-state index contributed by atoms with van der Waals surface area (Å²) in [5.74, 6) is 5.26. The molecule has 5 nitrogen and oxygen atoms in total. The monoisotopic (exact) mass is 290 g/mol. The van der Waals surface area contributed by atoms with Gasteiger partial charge in [-0.05, 0) is 36.2 Å². The van der Waals surface area contributed by atoms with Crippen LogP contribution in [-0.4, -0.2) is 10.9 Å². The molecule has 1 aromatic heterocycles. The maximum atomic E-state index is 12.1. The lowest BCUT2D eigenvalue weighted by molar-refractivity contribution is 0.102. The molecule has 0 unspecified atom stereocenters. The van der Waals surface area contributed by atoms with Crippen molar-refractivity contribution in [2.24, 2.45) is 5.84 Å². The first-order valence-corrected chi connectivity index (χ1v) is 6.55. The molecule has 2 aromatic rings. The Bertz CT molecular complexity index is 613. The number of hydrazine groups is 1. The number of nitrogen functional groups attached to an aromatic ring is 1. The molecule has 6 heteroatoms. The summed E-state index contributed by atoms with van der Waals surface area (Å²) in [6, 6.07) is 10.8. The lowest BCUT2D eigenvalue weighted by Crippen LogP contribution is -2.16. The normalized spacial score (nSPS) is 10.2. The Morgan fingerprint density at radius 1 is 1.25 bits per heavy atom. The van der Waals surface area contributed by atoms with E-state index in [-0.39, 0.29) is 16.6 Å². The van der Waals surface area contributed by atoms with Gasteiger partial charge in [0.25, 0.3) is 5.91 Å². The molecule has 0 radical (unpaired) electrons. The van der Waals surface area contributed by atoms with Crippen LogP contribution in [0.15, 0.2) is 36.4 Å². The number of amides is 1. The molecule has 1 heterocycles. The van der Waals surface area contributed by atoms with E-state index in [1.54, 1.807) is 12.1 Å². The third kappa shape index (κ3) is 3.26. The molecule has 4 N–H and O–H groups in total. The van der Waals surface area contributed by atoms with Crippen LogP contribution >= 0.6 is 11.6 Å². The predicted molar refractivity (Wildman–Crippen MR) is 80.8 cm³/mol. The summed E-state index contributed by atoms with van der Waals surface area (Å²) in [5.41, 5.74) is 4.40. The number of rotatable bonds is 4. The van der Waals surface area contributed by atoms with Gasteiger partial charge in [0.15, 0.2) is 0 Å². The lowest BCUT2D eigenvalue weighted by atomic mass is 10.1. The van der Waals surface area contributed by atoms with Crippen molar-refractivity contribution >= 4 is 29.0 Å². The molecule has 1 aromatic carbocycles. The topological polar surface area (TPSA) is 80.0 Å². The van der Waals surface area contributed by atoms with E-state index in [9.17, 15) is 4.79 Å². The molecule has 0 fully saturated rings. The Morgan fingerprint density at radius 3 is 2.55 bits per heavy atom. The molecular formula is C14H15ClN4O. The van der Waals surface area contributed by atoms with E-state index in [1.165, 1.54) is 5.56 Å². The number of hydrogen-bond acceptors (Lipinski definition) is 4. The summed E-state index contributed by atoms with van der Waals surface area (Å²) < 4.78 is 0. The van der Waals surface area contributed by atoms with Crippen molar-refractivity contribution in [1.29, 1.82) is 0 Å². The van der Waals surface area contributed by atoms with Gasteiger partial charge >= 0.3 is 0 Å². The zero-order valence-corrected chi connectivity index (χ0v) is 11.7. The van der Waals surface area contributed by atoms with Crippen LogP contribution in [0.4, 0.5) is 11.5 Å². The fourth-order valence-corrected chi connectivity index (χ4v) is 1.89. The first kappa shape index (κ1) is 14.3. The average Bonchev–Trinajstić information content (AvgIpc) is 2.48. The molecule has 104 valence electrons. The summed E-state index contributed by atoms with van der Waals surface area (Å²) in [7, 11) is 0. The fourth-order valence-electron chi connectivity index (χ4n) is 1.70. The number of nitrogens with one attached hydrogen (secondary N) is 2. The molecule has 20 heavy (non-hydrogen) atoms. The summed E-state index contributed by atoms with van der Waals surface area (Å²) in [6.07, 6.45) is 0.950. The standard InChI is InChI=1S/C14H15ClN4O/c1-2-9-3-5-10(6-4-9)17-14(20)13-11(15)7-8-12(18-13)19-16/h3-8H,2,16H2,1H3,(H,17,20)(H,18,19). The van der Waals surface area contributed by atoms with Gasteiger partial charge in [0.2, 0.25) is 0 Å². The van der Waals surface area contributed by atoms with Gasteiger partial charge in [0.05, 0.1) is 5.02 Å². The van der Waals surface area contributed by atoms with Crippen molar-refractivity contribution in [2.75, 3.05) is 10.7 Å². The van der Waals surface area contributed by atoms with Crippen molar-refractivity contribution in [1.82, 2.24) is 4.98 Å². The molecule has 0 aliphatic heterocycles. The Hall–Kier alpha value is -2.11. The fraction of sp³-hybridized carbons (Fsp3) is 0.143. The van der Waals surface area contributed by atoms with Crippen LogP contribution in [0, 0.1) is 0 Å². The Kier molecular flexibility index (Phi) is 4.55. The lowest BCUT2D eigenvalue weighted by Gasteiger charge is -2.08. The van der Waals surface area contributed by atoms with Gasteiger partial charge in [-0.1, -0.05) is 30.7 Å². The van der Waals surface area contributed by atoms with Crippen LogP contribution in [-0.2, 0) is 6.42 Å². The van der Waals surface area contributed by atoms with Crippen LogP contribution in [0.25, 0.3) is 0 Å². The molecule has 0 saturated heterocycles. The smallest absolute Gasteiger partial charge is 0.275 e. The quantitative estimate of drug-likeness (QED) is 0.597. The van der Waals surface area contributed by atoms with Crippen LogP contribution in [0.3, 0.4) is 0 Å². The molecule has 0 bridgehead atoms. The average molecular weight is 291 g/mol. The minimum atomic E-state index is -0.378. The largest absolute Gasteiger partial charge is 0.321 e. The summed E-state index contributed by atoms with van der Waals surface area (Å²) in [5, 5.41) is 3.02. The number of nitrogens with zero attached hydrogens (tertiary/aromatic N) is 1. The number of aryl methyl sites for hydroxylation is 1. The van der Waals surface area contributed by atoms with E-state index in [1.807, 2.05) is 24.3 Å². The van der Waals surface area contributed by atoms with Gasteiger partial charge in [-0.2, -0.15) is 0 Å². The van der Waals surface area contributed by atoms with Crippen molar-refractivity contribution in [3.63, 3.8) is 0 Å². The number of anilines is 2. The second kappa shape index (κ2) is 6.36. The van der Waals surface area contributed by atoms with Gasteiger partial charge in [0.1, 0.15) is 11.5 Å². The Labute approximate surface area is 122 Å². The van der Waals surface area contributed by atoms with E-state index in [0.29, 0.717) is 11.5 Å². The second-order valence-corrected chi connectivity index (χ2v) is 4.58. The van der Waals surface area contributed by atoms with Crippen molar-refractivity contribution in [3.05, 3.63) is 52.7 Å². The highest BCUT2D eigenvalue weighted by atomic mass is 35.5. The Morgan fingerprint density at radius 2 is 1.95 bits per heavy atom. The molecule has 0 spiro atoms. The van der Waals surface area contributed by atoms with Gasteiger partial charge in [-0.25, -0.2) is 10.8 Å². The third-order valence-electron chi connectivity index (χ3n) is 2.83. The molecule has 0 aliphatic rings. The summed E-state index contributed by atoms with van der Waals surface area (Å²) in [6.45, 7) is 2.07.